The van der Waals surface area contributed by atoms with Gasteiger partial charge in [-0.15, -0.1) is 0 Å². The van der Waals surface area contributed by atoms with E-state index in [-0.39, 0.29) is 11.4 Å². The molecule has 0 radical (unpaired) electrons. The number of aliphatic carboxylic acids is 1. The lowest BCUT2D eigenvalue weighted by Crippen LogP contribution is -2.31. The Kier molecular flexibility index (Phi) is 3.74. The molecule has 3 rings (SSSR count). The Morgan fingerprint density at radius 1 is 1.04 bits per heavy atom. The van der Waals surface area contributed by atoms with Gasteiger partial charge in [-0.3, -0.25) is 4.79 Å². The second-order valence-electron chi connectivity index (χ2n) is 5.72. The Labute approximate surface area is 134 Å². The van der Waals surface area contributed by atoms with Crippen molar-refractivity contribution in [2.45, 2.75) is 16.1 Å². The number of carbonyl (C=O) groups is 1. The summed E-state index contributed by atoms with van der Waals surface area (Å²) in [6.45, 7) is -0.224. The van der Waals surface area contributed by atoms with Gasteiger partial charge in [-0.1, -0.05) is 48.5 Å². The minimum Gasteiger partial charge on any atom is -0.481 e. The number of carboxylic acids is 1. The summed E-state index contributed by atoms with van der Waals surface area (Å²) in [4.78, 5) is 12.0. The Balaban J connectivity index is 2.12. The molecule has 23 heavy (non-hydrogen) atoms. The van der Waals surface area contributed by atoms with Gasteiger partial charge in [-0.25, -0.2) is 8.42 Å². The maximum atomic E-state index is 12.9. The molecular formula is C17H17NO4S. The minimum atomic E-state index is -3.79. The Morgan fingerprint density at radius 2 is 1.57 bits per heavy atom. The van der Waals surface area contributed by atoms with E-state index in [1.807, 2.05) is 0 Å². The Bertz CT molecular complexity index is 820. The van der Waals surface area contributed by atoms with Crippen molar-refractivity contribution in [1.82, 2.24) is 0 Å². The van der Waals surface area contributed by atoms with Crippen LogP contribution in [0.15, 0.2) is 65.6 Å². The van der Waals surface area contributed by atoms with Crippen molar-refractivity contribution in [2.24, 2.45) is 11.1 Å². The summed E-state index contributed by atoms with van der Waals surface area (Å²) >= 11 is 0. The number of nitrogens with two attached hydrogens (primary N) is 1. The van der Waals surface area contributed by atoms with Crippen molar-refractivity contribution in [3.8, 4) is 0 Å². The van der Waals surface area contributed by atoms with Crippen LogP contribution in [0.25, 0.3) is 0 Å². The summed E-state index contributed by atoms with van der Waals surface area (Å²) in [6, 6.07) is 16.8. The molecule has 1 aliphatic rings. The molecule has 2 aromatic rings. The average Bonchev–Trinajstić information content (AvgIpc) is 3.28. The van der Waals surface area contributed by atoms with Crippen molar-refractivity contribution in [3.63, 3.8) is 0 Å². The molecule has 0 aromatic heterocycles. The van der Waals surface area contributed by atoms with Crippen LogP contribution in [-0.2, 0) is 14.6 Å². The maximum Gasteiger partial charge on any atom is 0.312 e. The van der Waals surface area contributed by atoms with Crippen LogP contribution in [0, 0.1) is 5.41 Å². The Hall–Kier alpha value is -2.18. The maximum absolute atomic E-state index is 12.9. The number of hydrogen-bond acceptors (Lipinski definition) is 4. The lowest BCUT2D eigenvalue weighted by Gasteiger charge is -2.10. The summed E-state index contributed by atoms with van der Waals surface area (Å²) in [6.07, 6.45) is 0. The van der Waals surface area contributed by atoms with Crippen molar-refractivity contribution < 1.29 is 18.3 Å². The number of sulfone groups is 1. The predicted octanol–water partition coefficient (Wildman–Crippen LogP) is 1.66. The van der Waals surface area contributed by atoms with Gasteiger partial charge in [0.2, 0.25) is 0 Å². The van der Waals surface area contributed by atoms with Gasteiger partial charge >= 0.3 is 5.97 Å². The first-order valence-electron chi connectivity index (χ1n) is 7.23. The van der Waals surface area contributed by atoms with Crippen molar-refractivity contribution in [2.75, 3.05) is 6.54 Å². The monoisotopic (exact) mass is 331 g/mol. The molecular weight excluding hydrogens is 314 g/mol. The number of carboxylic acid groups (broad SMARTS) is 1. The molecule has 0 heterocycles. The van der Waals surface area contributed by atoms with Crippen LogP contribution < -0.4 is 5.73 Å². The average molecular weight is 331 g/mol. The van der Waals surface area contributed by atoms with Gasteiger partial charge in [0.25, 0.3) is 0 Å². The van der Waals surface area contributed by atoms with Crippen molar-refractivity contribution in [3.05, 3.63) is 66.2 Å². The molecule has 5 nitrogen and oxygen atoms in total. The molecule has 0 aliphatic heterocycles. The molecule has 0 spiro atoms. The van der Waals surface area contributed by atoms with Crippen LogP contribution in [-0.4, -0.2) is 31.3 Å². The van der Waals surface area contributed by atoms with E-state index in [1.54, 1.807) is 48.5 Å². The first-order chi connectivity index (χ1) is 11.0. The van der Waals surface area contributed by atoms with E-state index < -0.39 is 32.4 Å². The lowest BCUT2D eigenvalue weighted by molar-refractivity contribution is -0.143. The fourth-order valence-electron chi connectivity index (χ4n) is 3.34. The van der Waals surface area contributed by atoms with E-state index in [9.17, 15) is 18.3 Å². The molecule has 0 amide bonds. The summed E-state index contributed by atoms with van der Waals surface area (Å²) in [5, 5.41) is 8.62. The third kappa shape index (κ3) is 2.26. The molecule has 2 aromatic carbocycles. The second kappa shape index (κ2) is 5.47. The largest absolute Gasteiger partial charge is 0.481 e. The molecule has 0 saturated heterocycles. The molecule has 0 bridgehead atoms. The molecule has 3 atom stereocenters. The van der Waals surface area contributed by atoms with Crippen molar-refractivity contribution >= 4 is 15.8 Å². The zero-order chi connectivity index (χ0) is 16.7. The fourth-order valence-corrected chi connectivity index (χ4v) is 5.74. The van der Waals surface area contributed by atoms with Gasteiger partial charge in [-0.2, -0.15) is 0 Å². The van der Waals surface area contributed by atoms with Gasteiger partial charge in [-0.05, 0) is 17.7 Å². The van der Waals surface area contributed by atoms with E-state index in [1.165, 1.54) is 12.1 Å². The predicted molar refractivity (Wildman–Crippen MR) is 85.7 cm³/mol. The highest BCUT2D eigenvalue weighted by Crippen LogP contribution is 2.63. The minimum absolute atomic E-state index is 0.127. The second-order valence-corrected chi connectivity index (χ2v) is 7.79. The summed E-state index contributed by atoms with van der Waals surface area (Å²) in [5.41, 5.74) is 4.93. The van der Waals surface area contributed by atoms with E-state index in [0.29, 0.717) is 5.56 Å². The molecule has 1 fully saturated rings. The highest BCUT2D eigenvalue weighted by atomic mass is 32.2. The molecule has 1 aliphatic carbocycles. The Morgan fingerprint density at radius 3 is 2.04 bits per heavy atom. The summed E-state index contributed by atoms with van der Waals surface area (Å²) in [5.74, 6) is -1.81. The van der Waals surface area contributed by atoms with Crippen LogP contribution in [0.5, 0.6) is 0 Å². The first-order valence-corrected chi connectivity index (χ1v) is 8.78. The van der Waals surface area contributed by atoms with E-state index in [2.05, 4.69) is 0 Å². The molecule has 3 unspecified atom stereocenters. The van der Waals surface area contributed by atoms with Crippen LogP contribution >= 0.6 is 0 Å². The van der Waals surface area contributed by atoms with Crippen LogP contribution in [0.4, 0.5) is 0 Å². The molecule has 120 valence electrons. The summed E-state index contributed by atoms with van der Waals surface area (Å²) < 4.78 is 25.9. The van der Waals surface area contributed by atoms with E-state index in [0.717, 1.165) is 0 Å². The number of hydrogen-bond donors (Lipinski definition) is 2. The number of rotatable bonds is 5. The van der Waals surface area contributed by atoms with Crippen molar-refractivity contribution in [1.29, 1.82) is 0 Å². The van der Waals surface area contributed by atoms with Crippen LogP contribution in [0.3, 0.4) is 0 Å². The van der Waals surface area contributed by atoms with Gasteiger partial charge in [0.1, 0.15) is 5.41 Å². The lowest BCUT2D eigenvalue weighted by atomic mass is 9.99. The fraction of sp³-hybridized carbons (Fsp3) is 0.235. The van der Waals surface area contributed by atoms with E-state index >= 15 is 0 Å². The zero-order valence-electron chi connectivity index (χ0n) is 12.3. The normalized spacial score (nSPS) is 26.7. The number of benzene rings is 2. The highest BCUT2D eigenvalue weighted by molar-refractivity contribution is 7.92. The highest BCUT2D eigenvalue weighted by Gasteiger charge is 2.75. The van der Waals surface area contributed by atoms with Gasteiger partial charge in [0, 0.05) is 12.5 Å². The third-order valence-corrected chi connectivity index (χ3v) is 6.85. The topological polar surface area (TPSA) is 97.5 Å². The quantitative estimate of drug-likeness (QED) is 0.868. The van der Waals surface area contributed by atoms with Crippen LogP contribution in [0.1, 0.15) is 11.5 Å². The van der Waals surface area contributed by atoms with Gasteiger partial charge < -0.3 is 10.8 Å². The van der Waals surface area contributed by atoms with Gasteiger partial charge in [0.05, 0.1) is 10.1 Å². The standard InChI is InChI=1S/C17H17NO4S/c18-11-17(16(19)20)14(12-7-3-1-4-8-12)15(17)23(21,22)13-9-5-2-6-10-13/h1-10,14-15H,11,18H2,(H,19,20). The molecule has 6 heteroatoms. The van der Waals surface area contributed by atoms with E-state index in [4.69, 9.17) is 5.73 Å². The van der Waals surface area contributed by atoms with Crippen LogP contribution in [0.2, 0.25) is 0 Å². The zero-order valence-corrected chi connectivity index (χ0v) is 13.1. The first kappa shape index (κ1) is 15.7. The summed E-state index contributed by atoms with van der Waals surface area (Å²) in [7, 11) is -3.79. The SMILES string of the molecule is NCC1(C(=O)O)C(c2ccccc2)C1S(=O)(=O)c1ccccc1. The third-order valence-electron chi connectivity index (χ3n) is 4.56. The molecule has 1 saturated carbocycles. The molecule has 3 N–H and O–H groups in total. The van der Waals surface area contributed by atoms with Gasteiger partial charge in [0.15, 0.2) is 9.84 Å². The smallest absolute Gasteiger partial charge is 0.312 e.